The van der Waals surface area contributed by atoms with Crippen LogP contribution in [0, 0.1) is 0 Å². The molecule has 0 aliphatic carbocycles. The molecule has 0 atom stereocenters. The summed E-state index contributed by atoms with van der Waals surface area (Å²) in [6, 6.07) is 0. The summed E-state index contributed by atoms with van der Waals surface area (Å²) in [5.74, 6) is 0. The molecule has 1 rings (SSSR count). The van der Waals surface area contributed by atoms with Crippen LogP contribution in [0.1, 0.15) is 0 Å². The van der Waals surface area contributed by atoms with E-state index in [0.29, 0.717) is 0 Å². The maximum atomic E-state index is 4.00. The Morgan fingerprint density at radius 2 is 1.25 bits per heavy atom. The predicted octanol–water partition coefficient (Wildman–Crippen LogP) is 1.24. The number of hydrogen-bond donors (Lipinski definition) is 2. The molecule has 8 heavy (non-hydrogen) atoms. The second-order valence-corrected chi connectivity index (χ2v) is 2.14. The molecule has 0 bridgehead atoms. The molecule has 4 heteroatoms. The van der Waals surface area contributed by atoms with Crippen LogP contribution in [0.25, 0.3) is 0 Å². The Labute approximate surface area is 59.5 Å². The summed E-state index contributed by atoms with van der Waals surface area (Å²) < 4.78 is 3.12. The van der Waals surface area contributed by atoms with Crippen molar-refractivity contribution in [2.75, 3.05) is 0 Å². The van der Waals surface area contributed by atoms with Crippen LogP contribution in [0.5, 0.6) is 0 Å². The quantitative estimate of drug-likeness (QED) is 0.496. The van der Waals surface area contributed by atoms with E-state index in [1.165, 1.54) is 0 Å². The van der Waals surface area contributed by atoms with Gasteiger partial charge in [-0.15, -0.1) is 0 Å². The Morgan fingerprint density at radius 1 is 0.875 bits per heavy atom. The highest BCUT2D eigenvalue weighted by molar-refractivity contribution is 7.80. The van der Waals surface area contributed by atoms with Gasteiger partial charge in [0, 0.05) is 12.4 Å². The maximum absolute atomic E-state index is 4.00. The monoisotopic (exact) mass is 146 g/mol. The molecule has 0 fully saturated rings. The van der Waals surface area contributed by atoms with Gasteiger partial charge in [0.05, 0.1) is 0 Å². The number of hydrogen-bond acceptors (Lipinski definition) is 4. The SMILES string of the molecule is SN1C=CC=CN1S. The third-order valence-corrected chi connectivity index (χ3v) is 1.55. The van der Waals surface area contributed by atoms with Gasteiger partial charge in [0.1, 0.15) is 0 Å². The van der Waals surface area contributed by atoms with Crippen LogP contribution in [-0.2, 0) is 0 Å². The molecular formula is C4H6N2S2. The van der Waals surface area contributed by atoms with Gasteiger partial charge >= 0.3 is 0 Å². The summed E-state index contributed by atoms with van der Waals surface area (Å²) in [7, 11) is 0. The average Bonchev–Trinajstić information content (AvgIpc) is 1.77. The van der Waals surface area contributed by atoms with Crippen LogP contribution < -0.4 is 0 Å². The standard InChI is InChI=1S/C4H6N2S2/c7-5-3-1-2-4-6(5)8/h1-4,7-8H. The minimum Gasteiger partial charge on any atom is -0.228 e. The molecule has 1 aliphatic rings. The lowest BCUT2D eigenvalue weighted by atomic mass is 10.5. The Bertz CT molecular complexity index is 116. The fourth-order valence-electron chi connectivity index (χ4n) is 0.390. The van der Waals surface area contributed by atoms with E-state index in [-0.39, 0.29) is 0 Å². The molecule has 0 spiro atoms. The van der Waals surface area contributed by atoms with Crippen LogP contribution in [0.3, 0.4) is 0 Å². The van der Waals surface area contributed by atoms with Gasteiger partial charge in [-0.05, 0) is 37.8 Å². The van der Waals surface area contributed by atoms with Crippen LogP contribution in [0.15, 0.2) is 24.6 Å². The number of thiol groups is 2. The van der Waals surface area contributed by atoms with Gasteiger partial charge in [0.2, 0.25) is 0 Å². The van der Waals surface area contributed by atoms with Crippen molar-refractivity contribution >= 4 is 25.6 Å². The highest BCUT2D eigenvalue weighted by Crippen LogP contribution is 2.09. The number of allylic oxidation sites excluding steroid dienone is 2. The smallest absolute Gasteiger partial charge is 0.0348 e. The molecule has 0 radical (unpaired) electrons. The molecule has 1 heterocycles. The van der Waals surface area contributed by atoms with Crippen molar-refractivity contribution in [1.29, 1.82) is 0 Å². The van der Waals surface area contributed by atoms with Gasteiger partial charge in [-0.3, -0.25) is 0 Å². The van der Waals surface area contributed by atoms with E-state index < -0.39 is 0 Å². The number of rotatable bonds is 0. The molecule has 2 nitrogen and oxygen atoms in total. The van der Waals surface area contributed by atoms with Gasteiger partial charge in [-0.1, -0.05) is 0 Å². The van der Waals surface area contributed by atoms with Gasteiger partial charge in [-0.25, -0.2) is 8.83 Å². The first kappa shape index (κ1) is 5.91. The molecule has 0 unspecified atom stereocenters. The Balaban J connectivity index is 2.59. The van der Waals surface area contributed by atoms with Gasteiger partial charge in [0.25, 0.3) is 0 Å². The zero-order valence-corrected chi connectivity index (χ0v) is 5.89. The molecule has 0 N–H and O–H groups in total. The Hall–Kier alpha value is -0.220. The van der Waals surface area contributed by atoms with Crippen molar-refractivity contribution in [3.63, 3.8) is 0 Å². The molecule has 1 aliphatic heterocycles. The molecule has 0 aromatic carbocycles. The fourth-order valence-corrected chi connectivity index (χ4v) is 0.663. The summed E-state index contributed by atoms with van der Waals surface area (Å²) >= 11 is 8.00. The lowest BCUT2D eigenvalue weighted by Gasteiger charge is -2.23. The highest BCUT2D eigenvalue weighted by atomic mass is 32.1. The molecule has 0 aromatic heterocycles. The summed E-state index contributed by atoms with van der Waals surface area (Å²) in [4.78, 5) is 0. The Morgan fingerprint density at radius 3 is 1.50 bits per heavy atom. The third kappa shape index (κ3) is 1.14. The number of hydrazine groups is 1. The van der Waals surface area contributed by atoms with Crippen molar-refractivity contribution < 1.29 is 0 Å². The zero-order chi connectivity index (χ0) is 5.98. The van der Waals surface area contributed by atoms with E-state index in [1.54, 1.807) is 21.2 Å². The van der Waals surface area contributed by atoms with E-state index in [4.69, 9.17) is 0 Å². The van der Waals surface area contributed by atoms with E-state index in [9.17, 15) is 0 Å². The average molecular weight is 146 g/mol. The van der Waals surface area contributed by atoms with Gasteiger partial charge in [0.15, 0.2) is 0 Å². The van der Waals surface area contributed by atoms with E-state index in [2.05, 4.69) is 25.6 Å². The van der Waals surface area contributed by atoms with E-state index >= 15 is 0 Å². The number of nitrogens with zero attached hydrogens (tertiary/aromatic N) is 2. The lowest BCUT2D eigenvalue weighted by molar-refractivity contribution is 0.359. The zero-order valence-electron chi connectivity index (χ0n) is 4.10. The van der Waals surface area contributed by atoms with Crippen molar-refractivity contribution in [2.45, 2.75) is 0 Å². The minimum atomic E-state index is 1.56. The van der Waals surface area contributed by atoms with Crippen molar-refractivity contribution in [3.8, 4) is 0 Å². The first-order valence-corrected chi connectivity index (χ1v) is 2.92. The largest absolute Gasteiger partial charge is 0.228 e. The van der Waals surface area contributed by atoms with Crippen LogP contribution in [0.2, 0.25) is 0 Å². The lowest BCUT2D eigenvalue weighted by Crippen LogP contribution is -2.18. The van der Waals surface area contributed by atoms with Gasteiger partial charge < -0.3 is 0 Å². The van der Waals surface area contributed by atoms with Crippen LogP contribution in [0.4, 0.5) is 0 Å². The van der Waals surface area contributed by atoms with Crippen LogP contribution in [-0.4, -0.2) is 8.83 Å². The third-order valence-electron chi connectivity index (χ3n) is 0.760. The molecule has 0 saturated carbocycles. The summed E-state index contributed by atoms with van der Waals surface area (Å²) in [5, 5.41) is 0. The normalized spacial score (nSPS) is 17.8. The second-order valence-electron chi connectivity index (χ2n) is 1.32. The molecule has 0 aromatic rings. The van der Waals surface area contributed by atoms with Crippen molar-refractivity contribution in [1.82, 2.24) is 8.83 Å². The Kier molecular flexibility index (Phi) is 1.75. The summed E-state index contributed by atoms with van der Waals surface area (Å²) in [5.41, 5.74) is 0. The summed E-state index contributed by atoms with van der Waals surface area (Å²) in [6.07, 6.45) is 7.33. The molecule has 0 amide bonds. The van der Waals surface area contributed by atoms with E-state index in [0.717, 1.165) is 0 Å². The first-order valence-electron chi connectivity index (χ1n) is 2.12. The predicted molar refractivity (Wildman–Crippen MR) is 39.9 cm³/mol. The fraction of sp³-hybridized carbons (Fsp3) is 0. The van der Waals surface area contributed by atoms with Gasteiger partial charge in [-0.2, -0.15) is 0 Å². The van der Waals surface area contributed by atoms with Crippen LogP contribution >= 0.6 is 25.6 Å². The van der Waals surface area contributed by atoms with Crippen molar-refractivity contribution in [3.05, 3.63) is 24.6 Å². The van der Waals surface area contributed by atoms with Crippen molar-refractivity contribution in [2.24, 2.45) is 0 Å². The van der Waals surface area contributed by atoms with E-state index in [1.807, 2.05) is 12.2 Å². The second kappa shape index (κ2) is 2.37. The minimum absolute atomic E-state index is 1.56. The summed E-state index contributed by atoms with van der Waals surface area (Å²) in [6.45, 7) is 0. The first-order chi connectivity index (χ1) is 3.80. The molecular weight excluding hydrogens is 140 g/mol. The topological polar surface area (TPSA) is 6.48 Å². The molecule has 0 saturated heterocycles. The highest BCUT2D eigenvalue weighted by Gasteiger charge is 1.97. The maximum Gasteiger partial charge on any atom is 0.0348 e. The molecule has 44 valence electrons.